The minimum atomic E-state index is 0.0850. The predicted molar refractivity (Wildman–Crippen MR) is 56.8 cm³/mol. The lowest BCUT2D eigenvalue weighted by Gasteiger charge is -1.99. The largest absolute Gasteiger partial charge is 0.507 e. The van der Waals surface area contributed by atoms with Crippen LogP contribution in [-0.4, -0.2) is 24.5 Å². The molecule has 0 bridgehead atoms. The van der Waals surface area contributed by atoms with Crippen molar-refractivity contribution in [2.75, 3.05) is 13.2 Å². The second-order valence-corrected chi connectivity index (χ2v) is 3.08. The summed E-state index contributed by atoms with van der Waals surface area (Å²) in [5.74, 6) is 4.86. The molecule has 0 aromatic heterocycles. The molecule has 0 saturated heterocycles. The lowest BCUT2D eigenvalue weighted by Crippen LogP contribution is -2.05. The van der Waals surface area contributed by atoms with E-state index in [-0.39, 0.29) is 19.0 Å². The van der Waals surface area contributed by atoms with Crippen LogP contribution in [0.3, 0.4) is 0 Å². The summed E-state index contributed by atoms with van der Waals surface area (Å²) in [6.07, 6.45) is 1.36. The van der Waals surface area contributed by atoms with Crippen molar-refractivity contribution in [1.82, 2.24) is 0 Å². The Bertz CT molecular complexity index is 344. The average molecular weight is 231 g/mol. The first-order valence-corrected chi connectivity index (χ1v) is 4.57. The maximum Gasteiger partial charge on any atom is 0.142 e. The van der Waals surface area contributed by atoms with Gasteiger partial charge < -0.3 is 14.8 Å². The maximum atomic E-state index is 9.39. The van der Waals surface area contributed by atoms with Crippen LogP contribution >= 0.6 is 11.6 Å². The lowest BCUT2D eigenvalue weighted by atomic mass is 10.2. The van der Waals surface area contributed by atoms with Crippen molar-refractivity contribution in [3.8, 4) is 5.75 Å². The molecular formula is C9H11ClN2O3. The highest BCUT2D eigenvalue weighted by atomic mass is 35.5. The zero-order valence-corrected chi connectivity index (χ0v) is 8.65. The van der Waals surface area contributed by atoms with Crippen molar-refractivity contribution in [2.45, 2.75) is 0 Å². The van der Waals surface area contributed by atoms with Gasteiger partial charge in [0, 0.05) is 10.6 Å². The van der Waals surface area contributed by atoms with Crippen molar-refractivity contribution in [3.63, 3.8) is 0 Å². The third kappa shape index (κ3) is 4.16. The second kappa shape index (κ2) is 6.23. The lowest BCUT2D eigenvalue weighted by molar-refractivity contribution is 0.0515. The molecule has 1 aromatic carbocycles. The zero-order valence-electron chi connectivity index (χ0n) is 7.89. The van der Waals surface area contributed by atoms with Crippen LogP contribution in [0.15, 0.2) is 23.4 Å². The Balaban J connectivity index is 2.52. The minimum Gasteiger partial charge on any atom is -0.507 e. The van der Waals surface area contributed by atoms with Crippen LogP contribution in [0.25, 0.3) is 0 Å². The topological polar surface area (TPSA) is 77.1 Å². The Morgan fingerprint density at radius 1 is 1.47 bits per heavy atom. The van der Waals surface area contributed by atoms with E-state index in [4.69, 9.17) is 22.3 Å². The molecule has 3 N–H and O–H groups in total. The highest BCUT2D eigenvalue weighted by Gasteiger charge is 1.98. The van der Waals surface area contributed by atoms with Gasteiger partial charge in [0.25, 0.3) is 0 Å². The monoisotopic (exact) mass is 230 g/mol. The minimum absolute atomic E-state index is 0.0850. The Morgan fingerprint density at radius 3 is 3.00 bits per heavy atom. The second-order valence-electron chi connectivity index (χ2n) is 2.64. The third-order valence-corrected chi connectivity index (χ3v) is 1.78. The number of hydrogen-bond acceptors (Lipinski definition) is 5. The van der Waals surface area contributed by atoms with Crippen molar-refractivity contribution < 1.29 is 14.8 Å². The van der Waals surface area contributed by atoms with Crippen molar-refractivity contribution in [3.05, 3.63) is 28.8 Å². The first kappa shape index (κ1) is 11.8. The molecule has 82 valence electrons. The molecule has 1 aromatic rings. The third-order valence-electron chi connectivity index (χ3n) is 1.55. The van der Waals surface area contributed by atoms with Crippen LogP contribution < -0.4 is 5.90 Å². The standard InChI is InChI=1S/C9H11ClN2O3/c10-8-1-2-9(13)7(5-8)6-12-15-4-3-14-11/h1-2,5-6,13H,3-4,11H2/b12-6+. The molecule has 0 amide bonds. The summed E-state index contributed by atoms with van der Waals surface area (Å²) in [7, 11) is 0. The molecule has 6 heteroatoms. The molecule has 15 heavy (non-hydrogen) atoms. The highest BCUT2D eigenvalue weighted by Crippen LogP contribution is 2.19. The van der Waals surface area contributed by atoms with Gasteiger partial charge in [0.2, 0.25) is 0 Å². The molecule has 0 aliphatic rings. The van der Waals surface area contributed by atoms with Gasteiger partial charge in [-0.25, -0.2) is 5.90 Å². The number of aromatic hydroxyl groups is 1. The van der Waals surface area contributed by atoms with E-state index in [1.807, 2.05) is 0 Å². The smallest absolute Gasteiger partial charge is 0.142 e. The van der Waals surface area contributed by atoms with Crippen LogP contribution in [0.1, 0.15) is 5.56 Å². The van der Waals surface area contributed by atoms with E-state index in [2.05, 4.69) is 9.99 Å². The molecule has 0 atom stereocenters. The number of halogens is 1. The summed E-state index contributed by atoms with van der Waals surface area (Å²) in [4.78, 5) is 9.05. The summed E-state index contributed by atoms with van der Waals surface area (Å²) >= 11 is 5.73. The number of nitrogens with zero attached hydrogens (tertiary/aromatic N) is 1. The van der Waals surface area contributed by atoms with E-state index in [1.54, 1.807) is 12.1 Å². The maximum absolute atomic E-state index is 9.39. The number of phenols is 1. The van der Waals surface area contributed by atoms with Gasteiger partial charge in [-0.05, 0) is 18.2 Å². The van der Waals surface area contributed by atoms with Crippen LogP contribution in [0, 0.1) is 0 Å². The number of rotatable bonds is 5. The van der Waals surface area contributed by atoms with E-state index >= 15 is 0 Å². The molecular weight excluding hydrogens is 220 g/mol. The van der Waals surface area contributed by atoms with Crippen LogP contribution in [0.5, 0.6) is 5.75 Å². The van der Waals surface area contributed by atoms with E-state index in [9.17, 15) is 5.11 Å². The van der Waals surface area contributed by atoms with E-state index in [0.717, 1.165) is 0 Å². The summed E-state index contributed by atoms with van der Waals surface area (Å²) in [6, 6.07) is 4.63. The fourth-order valence-electron chi connectivity index (χ4n) is 0.861. The Morgan fingerprint density at radius 2 is 2.27 bits per heavy atom. The van der Waals surface area contributed by atoms with Crippen LogP contribution in [-0.2, 0) is 9.68 Å². The van der Waals surface area contributed by atoms with E-state index in [1.165, 1.54) is 12.3 Å². The fraction of sp³-hybridized carbons (Fsp3) is 0.222. The van der Waals surface area contributed by atoms with Gasteiger partial charge in [0.15, 0.2) is 0 Å². The fourth-order valence-corrected chi connectivity index (χ4v) is 1.04. The Labute approximate surface area is 92.0 Å². The molecule has 0 heterocycles. The zero-order chi connectivity index (χ0) is 11.1. The highest BCUT2D eigenvalue weighted by molar-refractivity contribution is 6.30. The first-order chi connectivity index (χ1) is 7.24. The molecule has 1 rings (SSSR count). The van der Waals surface area contributed by atoms with Gasteiger partial charge in [-0.3, -0.25) is 0 Å². The summed E-state index contributed by atoms with van der Waals surface area (Å²) in [5, 5.41) is 13.5. The molecule has 0 saturated carbocycles. The number of nitrogens with two attached hydrogens (primary N) is 1. The predicted octanol–water partition coefficient (Wildman–Crippen LogP) is 1.29. The molecule has 0 radical (unpaired) electrons. The molecule has 0 aliphatic carbocycles. The molecule has 0 fully saturated rings. The molecule has 0 unspecified atom stereocenters. The molecule has 0 spiro atoms. The van der Waals surface area contributed by atoms with Gasteiger partial charge in [-0.1, -0.05) is 16.8 Å². The first-order valence-electron chi connectivity index (χ1n) is 4.19. The number of benzene rings is 1. The normalized spacial score (nSPS) is 10.8. The van der Waals surface area contributed by atoms with Gasteiger partial charge >= 0.3 is 0 Å². The summed E-state index contributed by atoms with van der Waals surface area (Å²) in [6.45, 7) is 0.493. The molecule has 5 nitrogen and oxygen atoms in total. The average Bonchev–Trinajstić information content (AvgIpc) is 2.23. The van der Waals surface area contributed by atoms with Crippen LogP contribution in [0.2, 0.25) is 5.02 Å². The quantitative estimate of drug-likeness (QED) is 0.454. The SMILES string of the molecule is NOCCO/N=C/c1cc(Cl)ccc1O. The van der Waals surface area contributed by atoms with E-state index in [0.29, 0.717) is 10.6 Å². The Kier molecular flexibility index (Phi) is 4.89. The van der Waals surface area contributed by atoms with Crippen molar-refractivity contribution in [1.29, 1.82) is 0 Å². The van der Waals surface area contributed by atoms with Gasteiger partial charge in [-0.2, -0.15) is 0 Å². The Hall–Kier alpha value is -1.30. The summed E-state index contributed by atoms with van der Waals surface area (Å²) in [5.41, 5.74) is 0.483. The van der Waals surface area contributed by atoms with Gasteiger partial charge in [-0.15, -0.1) is 0 Å². The van der Waals surface area contributed by atoms with E-state index < -0.39 is 0 Å². The number of oxime groups is 1. The van der Waals surface area contributed by atoms with Crippen molar-refractivity contribution >= 4 is 17.8 Å². The van der Waals surface area contributed by atoms with Crippen LogP contribution in [0.4, 0.5) is 0 Å². The van der Waals surface area contributed by atoms with Gasteiger partial charge in [0.05, 0.1) is 6.21 Å². The molecule has 0 aliphatic heterocycles. The summed E-state index contributed by atoms with van der Waals surface area (Å²) < 4.78 is 0. The number of phenolic OH excluding ortho intramolecular Hbond substituents is 1. The number of hydrogen-bond donors (Lipinski definition) is 2. The van der Waals surface area contributed by atoms with Gasteiger partial charge in [0.1, 0.15) is 19.0 Å². The van der Waals surface area contributed by atoms with Crippen molar-refractivity contribution in [2.24, 2.45) is 11.1 Å².